The Morgan fingerprint density at radius 1 is 1.25 bits per heavy atom. The minimum absolute atomic E-state index is 0.152. The summed E-state index contributed by atoms with van der Waals surface area (Å²) >= 11 is 3.41. The fourth-order valence-corrected chi connectivity index (χ4v) is 2.48. The van der Waals surface area contributed by atoms with E-state index in [0.717, 1.165) is 10.9 Å². The van der Waals surface area contributed by atoms with Crippen LogP contribution in [0, 0.1) is 5.92 Å². The molecule has 2 atom stereocenters. The van der Waals surface area contributed by atoms with Crippen molar-refractivity contribution in [3.63, 3.8) is 0 Å². The van der Waals surface area contributed by atoms with E-state index in [1.807, 2.05) is 19.1 Å². The number of nitrogens with one attached hydrogen (secondary N) is 3. The second kappa shape index (κ2) is 6.74. The summed E-state index contributed by atoms with van der Waals surface area (Å²) in [5.41, 5.74) is 6.00. The monoisotopic (exact) mass is 339 g/mol. The molecule has 1 aliphatic carbocycles. The van der Waals surface area contributed by atoms with Gasteiger partial charge in [-0.2, -0.15) is 0 Å². The summed E-state index contributed by atoms with van der Waals surface area (Å²) in [5, 5.41) is 2.54. The number of benzene rings is 1. The molecule has 2 rings (SSSR count). The van der Waals surface area contributed by atoms with Crippen LogP contribution >= 0.6 is 15.9 Å². The second-order valence-electron chi connectivity index (χ2n) is 4.89. The third-order valence-electron chi connectivity index (χ3n) is 3.32. The van der Waals surface area contributed by atoms with Crippen LogP contribution in [0.25, 0.3) is 0 Å². The lowest BCUT2D eigenvalue weighted by Gasteiger charge is -2.07. The van der Waals surface area contributed by atoms with Crippen molar-refractivity contribution in [2.75, 3.05) is 6.54 Å². The van der Waals surface area contributed by atoms with E-state index in [9.17, 15) is 9.59 Å². The fourth-order valence-electron chi connectivity index (χ4n) is 2.21. The first kappa shape index (κ1) is 14.8. The van der Waals surface area contributed by atoms with Gasteiger partial charge in [-0.1, -0.05) is 28.1 Å². The number of carbonyl (C=O) groups is 2. The summed E-state index contributed by atoms with van der Waals surface area (Å²) in [6.45, 7) is 2.34. The summed E-state index contributed by atoms with van der Waals surface area (Å²) in [4.78, 5) is 22.8. The summed E-state index contributed by atoms with van der Waals surface area (Å²) in [6, 6.07) is 7.81. The molecule has 6 heteroatoms. The van der Waals surface area contributed by atoms with Crippen molar-refractivity contribution in [2.45, 2.75) is 25.7 Å². The smallest absolute Gasteiger partial charge is 0.333 e. The Balaban J connectivity index is 1.72. The van der Waals surface area contributed by atoms with Gasteiger partial charge in [0, 0.05) is 17.4 Å². The van der Waals surface area contributed by atoms with Crippen LogP contribution < -0.4 is 16.2 Å². The van der Waals surface area contributed by atoms with E-state index < -0.39 is 0 Å². The zero-order valence-corrected chi connectivity index (χ0v) is 12.9. The Labute approximate surface area is 126 Å². The molecule has 0 spiro atoms. The van der Waals surface area contributed by atoms with Crippen LogP contribution in [0.2, 0.25) is 0 Å². The highest BCUT2D eigenvalue weighted by Gasteiger charge is 2.39. The maximum absolute atomic E-state index is 11.7. The normalized spacial score (nSPS) is 20.1. The van der Waals surface area contributed by atoms with E-state index in [1.54, 1.807) is 0 Å². The first-order valence-corrected chi connectivity index (χ1v) is 7.47. The third-order valence-corrected chi connectivity index (χ3v) is 3.85. The highest BCUT2D eigenvalue weighted by atomic mass is 79.9. The van der Waals surface area contributed by atoms with E-state index in [2.05, 4.69) is 44.2 Å². The predicted molar refractivity (Wildman–Crippen MR) is 80.0 cm³/mol. The van der Waals surface area contributed by atoms with Crippen molar-refractivity contribution < 1.29 is 9.59 Å². The van der Waals surface area contributed by atoms with Gasteiger partial charge in [0.05, 0.1) is 0 Å². The number of amides is 3. The number of hydrogen-bond donors (Lipinski definition) is 3. The molecule has 0 aliphatic heterocycles. The van der Waals surface area contributed by atoms with Gasteiger partial charge in [0.1, 0.15) is 0 Å². The first-order valence-electron chi connectivity index (χ1n) is 6.68. The maximum Gasteiger partial charge on any atom is 0.333 e. The van der Waals surface area contributed by atoms with E-state index in [0.29, 0.717) is 24.8 Å². The Kier molecular flexibility index (Phi) is 5.00. The van der Waals surface area contributed by atoms with Gasteiger partial charge in [0.25, 0.3) is 0 Å². The molecule has 3 amide bonds. The molecule has 1 aromatic rings. The summed E-state index contributed by atoms with van der Waals surface area (Å²) in [7, 11) is 0. The zero-order chi connectivity index (χ0) is 14.5. The van der Waals surface area contributed by atoms with Gasteiger partial charge in [-0.3, -0.25) is 10.2 Å². The van der Waals surface area contributed by atoms with Gasteiger partial charge in [0.2, 0.25) is 5.91 Å². The molecule has 108 valence electrons. The van der Waals surface area contributed by atoms with Crippen LogP contribution in [0.3, 0.4) is 0 Å². The van der Waals surface area contributed by atoms with Gasteiger partial charge < -0.3 is 5.32 Å². The lowest BCUT2D eigenvalue weighted by molar-refractivity contribution is -0.122. The van der Waals surface area contributed by atoms with Gasteiger partial charge in [0.15, 0.2) is 0 Å². The quantitative estimate of drug-likeness (QED) is 0.736. The number of carbonyl (C=O) groups excluding carboxylic acids is 2. The van der Waals surface area contributed by atoms with Crippen LogP contribution in [-0.4, -0.2) is 18.5 Å². The molecule has 1 aromatic carbocycles. The summed E-state index contributed by atoms with van der Waals surface area (Å²) in [5.74, 6) is 0.673. The van der Waals surface area contributed by atoms with Crippen molar-refractivity contribution >= 4 is 27.9 Å². The Bertz CT molecular complexity index is 490. The largest absolute Gasteiger partial charge is 0.337 e. The molecule has 0 bridgehead atoms. The minimum atomic E-state index is -0.388. The van der Waals surface area contributed by atoms with Crippen molar-refractivity contribution in [3.05, 3.63) is 34.3 Å². The average molecular weight is 340 g/mol. The Hall–Kier alpha value is -1.56. The lowest BCUT2D eigenvalue weighted by atomic mass is 10.1. The van der Waals surface area contributed by atoms with E-state index in [-0.39, 0.29) is 11.9 Å². The molecule has 5 nitrogen and oxygen atoms in total. The lowest BCUT2D eigenvalue weighted by Crippen LogP contribution is -2.46. The highest BCUT2D eigenvalue weighted by molar-refractivity contribution is 9.10. The van der Waals surface area contributed by atoms with E-state index in [4.69, 9.17) is 0 Å². The average Bonchev–Trinajstić information content (AvgIpc) is 3.17. The SMILES string of the molecule is CCNC(=O)NNC(=O)CC1CC1c1ccc(Br)cc1. The van der Waals surface area contributed by atoms with Crippen molar-refractivity contribution in [1.29, 1.82) is 0 Å². The molecule has 0 radical (unpaired) electrons. The van der Waals surface area contributed by atoms with Crippen molar-refractivity contribution in [3.8, 4) is 0 Å². The number of halogens is 1. The number of rotatable bonds is 4. The standard InChI is InChI=1S/C14H18BrN3O2/c1-2-16-14(20)18-17-13(19)8-10-7-12(10)9-3-5-11(15)6-4-9/h3-6,10,12H,2,7-8H2,1H3,(H,17,19)(H2,16,18,20). The van der Waals surface area contributed by atoms with Crippen LogP contribution in [-0.2, 0) is 4.79 Å². The molecular weight excluding hydrogens is 322 g/mol. The van der Waals surface area contributed by atoms with Gasteiger partial charge in [-0.05, 0) is 42.9 Å². The van der Waals surface area contributed by atoms with Crippen LogP contribution in [0.4, 0.5) is 4.79 Å². The van der Waals surface area contributed by atoms with Gasteiger partial charge in [-0.25, -0.2) is 10.2 Å². The maximum atomic E-state index is 11.7. The van der Waals surface area contributed by atoms with Crippen LogP contribution in [0.1, 0.15) is 31.2 Å². The van der Waals surface area contributed by atoms with Gasteiger partial charge >= 0.3 is 6.03 Å². The molecule has 3 N–H and O–H groups in total. The van der Waals surface area contributed by atoms with Gasteiger partial charge in [-0.15, -0.1) is 0 Å². The molecular formula is C14H18BrN3O2. The fraction of sp³-hybridized carbons (Fsp3) is 0.429. The number of hydrazine groups is 1. The number of hydrogen-bond acceptors (Lipinski definition) is 2. The second-order valence-corrected chi connectivity index (χ2v) is 5.81. The molecule has 2 unspecified atom stereocenters. The van der Waals surface area contributed by atoms with Crippen LogP contribution in [0.5, 0.6) is 0 Å². The zero-order valence-electron chi connectivity index (χ0n) is 11.3. The molecule has 1 saturated carbocycles. The Morgan fingerprint density at radius 3 is 2.60 bits per heavy atom. The Morgan fingerprint density at radius 2 is 1.95 bits per heavy atom. The molecule has 0 saturated heterocycles. The summed E-state index contributed by atoms with van der Waals surface area (Å²) in [6.07, 6.45) is 1.46. The van der Waals surface area contributed by atoms with Crippen molar-refractivity contribution in [2.24, 2.45) is 5.92 Å². The van der Waals surface area contributed by atoms with Crippen LogP contribution in [0.15, 0.2) is 28.7 Å². The molecule has 0 aromatic heterocycles. The molecule has 1 fully saturated rings. The van der Waals surface area contributed by atoms with Crippen molar-refractivity contribution in [1.82, 2.24) is 16.2 Å². The van der Waals surface area contributed by atoms with E-state index in [1.165, 1.54) is 5.56 Å². The number of urea groups is 1. The minimum Gasteiger partial charge on any atom is -0.337 e. The summed E-state index contributed by atoms with van der Waals surface area (Å²) < 4.78 is 1.06. The molecule has 0 heterocycles. The third kappa shape index (κ3) is 4.23. The predicted octanol–water partition coefficient (Wildman–Crippen LogP) is 2.29. The van der Waals surface area contributed by atoms with E-state index >= 15 is 0 Å². The first-order chi connectivity index (χ1) is 9.60. The molecule has 1 aliphatic rings. The highest BCUT2D eigenvalue weighted by Crippen LogP contribution is 2.49. The molecule has 20 heavy (non-hydrogen) atoms. The topological polar surface area (TPSA) is 70.2 Å².